The first-order valence-electron chi connectivity index (χ1n) is 6.96. The lowest BCUT2D eigenvalue weighted by Crippen LogP contribution is -2.19. The van der Waals surface area contributed by atoms with Gasteiger partial charge in [0.2, 0.25) is 0 Å². The number of rotatable bonds is 4. The van der Waals surface area contributed by atoms with Crippen molar-refractivity contribution < 1.29 is 13.2 Å². The minimum Gasteiger partial charge on any atom is -0.384 e. The monoisotopic (exact) mass is 291 g/mol. The van der Waals surface area contributed by atoms with Crippen molar-refractivity contribution in [3.8, 4) is 0 Å². The minimum absolute atomic E-state index is 0.0789. The third kappa shape index (κ3) is 3.04. The fraction of sp³-hybridized carbons (Fsp3) is 0.294. The van der Waals surface area contributed by atoms with Crippen LogP contribution in [0.5, 0.6) is 0 Å². The van der Waals surface area contributed by atoms with Gasteiger partial charge in [0.05, 0.1) is 5.56 Å². The van der Waals surface area contributed by atoms with Gasteiger partial charge in [-0.1, -0.05) is 36.4 Å². The van der Waals surface area contributed by atoms with Crippen LogP contribution in [0.4, 0.5) is 18.9 Å². The maximum absolute atomic E-state index is 12.7. The summed E-state index contributed by atoms with van der Waals surface area (Å²) in [5, 5.41) is 3.16. The van der Waals surface area contributed by atoms with E-state index in [-0.39, 0.29) is 5.41 Å². The average Bonchev–Trinajstić information content (AvgIpc) is 3.27. The van der Waals surface area contributed by atoms with E-state index in [1.165, 1.54) is 17.7 Å². The molecule has 0 bridgehead atoms. The standard InChI is InChI=1S/C17H16F3N/c18-17(19,20)14-7-4-8-15(11-14)21-12-16(9-10-16)13-5-2-1-3-6-13/h1-8,11,21H,9-10,12H2. The predicted molar refractivity (Wildman–Crippen MR) is 77.3 cm³/mol. The van der Waals surface area contributed by atoms with Crippen LogP contribution in [0.3, 0.4) is 0 Å². The first-order chi connectivity index (χ1) is 10.00. The molecule has 2 aromatic carbocycles. The van der Waals surface area contributed by atoms with Crippen LogP contribution in [0.1, 0.15) is 24.0 Å². The summed E-state index contributed by atoms with van der Waals surface area (Å²) >= 11 is 0. The van der Waals surface area contributed by atoms with Crippen LogP contribution in [-0.2, 0) is 11.6 Å². The van der Waals surface area contributed by atoms with Gasteiger partial charge >= 0.3 is 6.18 Å². The molecular weight excluding hydrogens is 275 g/mol. The Balaban J connectivity index is 1.71. The Bertz CT molecular complexity index is 615. The largest absolute Gasteiger partial charge is 0.416 e. The summed E-state index contributed by atoms with van der Waals surface area (Å²) < 4.78 is 38.1. The summed E-state index contributed by atoms with van der Waals surface area (Å²) in [5.74, 6) is 0. The van der Waals surface area contributed by atoms with Gasteiger partial charge in [-0.25, -0.2) is 0 Å². The van der Waals surface area contributed by atoms with Crippen molar-refractivity contribution in [2.75, 3.05) is 11.9 Å². The van der Waals surface area contributed by atoms with E-state index in [4.69, 9.17) is 0 Å². The molecule has 4 heteroatoms. The average molecular weight is 291 g/mol. The zero-order chi connectivity index (χ0) is 14.9. The zero-order valence-electron chi connectivity index (χ0n) is 11.5. The maximum atomic E-state index is 12.7. The van der Waals surface area contributed by atoms with Crippen LogP contribution < -0.4 is 5.32 Å². The molecule has 0 aliphatic heterocycles. The van der Waals surface area contributed by atoms with Crippen molar-refractivity contribution >= 4 is 5.69 Å². The van der Waals surface area contributed by atoms with E-state index < -0.39 is 11.7 Å². The third-order valence-corrected chi connectivity index (χ3v) is 4.06. The highest BCUT2D eigenvalue weighted by molar-refractivity contribution is 5.48. The van der Waals surface area contributed by atoms with Crippen LogP contribution in [0.2, 0.25) is 0 Å². The van der Waals surface area contributed by atoms with E-state index in [1.54, 1.807) is 6.07 Å². The highest BCUT2D eigenvalue weighted by Gasteiger charge is 2.43. The van der Waals surface area contributed by atoms with Crippen LogP contribution >= 0.6 is 0 Å². The normalized spacial score (nSPS) is 16.5. The van der Waals surface area contributed by atoms with Crippen LogP contribution in [0.25, 0.3) is 0 Å². The molecule has 1 nitrogen and oxygen atoms in total. The summed E-state index contributed by atoms with van der Waals surface area (Å²) in [5.41, 5.74) is 1.24. The summed E-state index contributed by atoms with van der Waals surface area (Å²) in [4.78, 5) is 0. The molecular formula is C17H16F3N. The highest BCUT2D eigenvalue weighted by atomic mass is 19.4. The summed E-state index contributed by atoms with van der Waals surface area (Å²) in [6, 6.07) is 15.5. The topological polar surface area (TPSA) is 12.0 Å². The van der Waals surface area contributed by atoms with Crippen LogP contribution in [-0.4, -0.2) is 6.54 Å². The smallest absolute Gasteiger partial charge is 0.384 e. The van der Waals surface area contributed by atoms with Crippen molar-refractivity contribution in [2.45, 2.75) is 24.4 Å². The van der Waals surface area contributed by atoms with E-state index in [1.807, 2.05) is 18.2 Å². The number of halogens is 3. The van der Waals surface area contributed by atoms with E-state index in [0.717, 1.165) is 18.9 Å². The second kappa shape index (κ2) is 5.10. The SMILES string of the molecule is FC(F)(F)c1cccc(NCC2(c3ccccc3)CC2)c1. The van der Waals surface area contributed by atoms with Gasteiger partial charge in [-0.2, -0.15) is 13.2 Å². The third-order valence-electron chi connectivity index (χ3n) is 4.06. The number of hydrogen-bond donors (Lipinski definition) is 1. The van der Waals surface area contributed by atoms with E-state index in [9.17, 15) is 13.2 Å². The zero-order valence-corrected chi connectivity index (χ0v) is 11.5. The fourth-order valence-electron chi connectivity index (χ4n) is 2.59. The van der Waals surface area contributed by atoms with Gasteiger partial charge in [0.15, 0.2) is 0 Å². The van der Waals surface area contributed by atoms with Gasteiger partial charge < -0.3 is 5.32 Å². The molecule has 0 radical (unpaired) electrons. The number of hydrogen-bond acceptors (Lipinski definition) is 1. The summed E-state index contributed by atoms with van der Waals surface area (Å²) in [6.45, 7) is 0.665. The molecule has 0 saturated heterocycles. The molecule has 21 heavy (non-hydrogen) atoms. The van der Waals surface area contributed by atoms with Crippen molar-refractivity contribution in [1.29, 1.82) is 0 Å². The molecule has 1 fully saturated rings. The van der Waals surface area contributed by atoms with Gasteiger partial charge in [0.25, 0.3) is 0 Å². The Kier molecular flexibility index (Phi) is 3.40. The molecule has 3 rings (SSSR count). The predicted octanol–water partition coefficient (Wildman–Crippen LogP) is 4.85. The molecule has 0 amide bonds. The number of alkyl halides is 3. The Labute approximate surface area is 121 Å². The second-order valence-corrected chi connectivity index (χ2v) is 5.58. The summed E-state index contributed by atoms with van der Waals surface area (Å²) in [7, 11) is 0. The Morgan fingerprint density at radius 2 is 1.67 bits per heavy atom. The Morgan fingerprint density at radius 3 is 2.29 bits per heavy atom. The number of benzene rings is 2. The minimum atomic E-state index is -4.30. The second-order valence-electron chi connectivity index (χ2n) is 5.58. The first kappa shape index (κ1) is 14.0. The van der Waals surface area contributed by atoms with E-state index >= 15 is 0 Å². The molecule has 1 N–H and O–H groups in total. The molecule has 110 valence electrons. The van der Waals surface area contributed by atoms with Crippen molar-refractivity contribution in [3.05, 3.63) is 65.7 Å². The number of anilines is 1. The van der Waals surface area contributed by atoms with Gasteiger partial charge in [-0.15, -0.1) is 0 Å². The molecule has 0 heterocycles. The Morgan fingerprint density at radius 1 is 0.952 bits per heavy atom. The van der Waals surface area contributed by atoms with Crippen LogP contribution in [0, 0.1) is 0 Å². The van der Waals surface area contributed by atoms with Crippen molar-refractivity contribution in [1.82, 2.24) is 0 Å². The maximum Gasteiger partial charge on any atom is 0.416 e. The molecule has 1 aliphatic rings. The van der Waals surface area contributed by atoms with E-state index in [0.29, 0.717) is 12.2 Å². The number of nitrogens with one attached hydrogen (secondary N) is 1. The van der Waals surface area contributed by atoms with Gasteiger partial charge in [-0.05, 0) is 36.6 Å². The molecule has 0 unspecified atom stereocenters. The van der Waals surface area contributed by atoms with Crippen molar-refractivity contribution in [3.63, 3.8) is 0 Å². The molecule has 2 aromatic rings. The van der Waals surface area contributed by atoms with Gasteiger partial charge in [0, 0.05) is 17.6 Å². The van der Waals surface area contributed by atoms with Crippen LogP contribution in [0.15, 0.2) is 54.6 Å². The molecule has 0 spiro atoms. The highest BCUT2D eigenvalue weighted by Crippen LogP contribution is 2.48. The first-order valence-corrected chi connectivity index (χ1v) is 6.96. The quantitative estimate of drug-likeness (QED) is 0.849. The molecule has 1 saturated carbocycles. The molecule has 0 aromatic heterocycles. The van der Waals surface area contributed by atoms with E-state index in [2.05, 4.69) is 17.4 Å². The lowest BCUT2D eigenvalue weighted by atomic mass is 9.96. The van der Waals surface area contributed by atoms with Gasteiger partial charge in [0.1, 0.15) is 0 Å². The van der Waals surface area contributed by atoms with Crippen molar-refractivity contribution in [2.24, 2.45) is 0 Å². The van der Waals surface area contributed by atoms with Gasteiger partial charge in [-0.3, -0.25) is 0 Å². The lowest BCUT2D eigenvalue weighted by molar-refractivity contribution is -0.137. The fourth-order valence-corrected chi connectivity index (χ4v) is 2.59. The molecule has 0 atom stereocenters. The Hall–Kier alpha value is -1.97. The molecule has 1 aliphatic carbocycles. The summed E-state index contributed by atoms with van der Waals surface area (Å²) in [6.07, 6.45) is -2.15. The lowest BCUT2D eigenvalue weighted by Gasteiger charge is -2.18.